The molecule has 6 heteroatoms. The van der Waals surface area contributed by atoms with Crippen molar-refractivity contribution in [2.24, 2.45) is 0 Å². The maximum atomic E-state index is 12.3. The van der Waals surface area contributed by atoms with E-state index in [-0.39, 0.29) is 5.91 Å². The lowest BCUT2D eigenvalue weighted by Crippen LogP contribution is -2.37. The van der Waals surface area contributed by atoms with Gasteiger partial charge in [0.1, 0.15) is 11.6 Å². The van der Waals surface area contributed by atoms with Crippen LogP contribution in [-0.4, -0.2) is 33.2 Å². The van der Waals surface area contributed by atoms with Gasteiger partial charge in [-0.3, -0.25) is 9.20 Å². The number of rotatable bonds is 6. The van der Waals surface area contributed by atoms with Crippen molar-refractivity contribution in [1.29, 1.82) is 0 Å². The average molecular weight is 360 g/mol. The van der Waals surface area contributed by atoms with E-state index in [1.165, 1.54) is 0 Å². The lowest BCUT2D eigenvalue weighted by atomic mass is 10.1. The van der Waals surface area contributed by atoms with Gasteiger partial charge < -0.3 is 10.1 Å². The van der Waals surface area contributed by atoms with E-state index in [1.807, 2.05) is 71.3 Å². The molecule has 4 rings (SSSR count). The maximum absolute atomic E-state index is 12.3. The first-order valence-electron chi connectivity index (χ1n) is 8.92. The van der Waals surface area contributed by atoms with Gasteiger partial charge in [-0.15, -0.1) is 10.2 Å². The Morgan fingerprint density at radius 3 is 2.78 bits per heavy atom. The molecule has 2 aromatic heterocycles. The van der Waals surface area contributed by atoms with Gasteiger partial charge in [-0.25, -0.2) is 0 Å². The quantitative estimate of drug-likeness (QED) is 0.574. The number of fused-ring (bicyclic) bond motifs is 2. The highest BCUT2D eigenvalue weighted by molar-refractivity contribution is 5.84. The number of amides is 1. The molecule has 0 spiro atoms. The van der Waals surface area contributed by atoms with Crippen LogP contribution in [0.3, 0.4) is 0 Å². The van der Waals surface area contributed by atoms with Crippen LogP contribution >= 0.6 is 0 Å². The molecule has 0 aliphatic rings. The van der Waals surface area contributed by atoms with Crippen molar-refractivity contribution in [3.8, 4) is 5.75 Å². The minimum absolute atomic E-state index is 0.156. The molecule has 2 aromatic carbocycles. The molecule has 0 saturated heterocycles. The van der Waals surface area contributed by atoms with Crippen LogP contribution < -0.4 is 10.1 Å². The standard InChI is InChI=1S/C21H20N4O2/c1-15(27-18-10-9-16-6-2-3-7-17(16)14-18)21(26)22-12-11-20-24-23-19-8-4-5-13-25(19)20/h2-10,13-15H,11-12H2,1H3,(H,22,26). The van der Waals surface area contributed by atoms with Crippen LogP contribution in [0.1, 0.15) is 12.7 Å². The van der Waals surface area contributed by atoms with Crippen molar-refractivity contribution >= 4 is 22.3 Å². The predicted octanol–water partition coefficient (Wildman–Crippen LogP) is 3.01. The predicted molar refractivity (Wildman–Crippen MR) is 104 cm³/mol. The number of pyridine rings is 1. The van der Waals surface area contributed by atoms with Crippen LogP contribution in [0.2, 0.25) is 0 Å². The third-order valence-corrected chi connectivity index (χ3v) is 4.44. The first kappa shape index (κ1) is 17.0. The average Bonchev–Trinajstić information content (AvgIpc) is 3.11. The van der Waals surface area contributed by atoms with Gasteiger partial charge in [0, 0.05) is 19.2 Å². The third kappa shape index (κ3) is 3.74. The van der Waals surface area contributed by atoms with E-state index >= 15 is 0 Å². The minimum atomic E-state index is -0.582. The summed E-state index contributed by atoms with van der Waals surface area (Å²) in [6.45, 7) is 2.22. The summed E-state index contributed by atoms with van der Waals surface area (Å²) in [5.74, 6) is 1.34. The molecule has 0 fully saturated rings. The largest absolute Gasteiger partial charge is 0.481 e. The van der Waals surface area contributed by atoms with E-state index < -0.39 is 6.10 Å². The van der Waals surface area contributed by atoms with Gasteiger partial charge in [-0.2, -0.15) is 0 Å². The number of aromatic nitrogens is 3. The Morgan fingerprint density at radius 2 is 1.89 bits per heavy atom. The highest BCUT2D eigenvalue weighted by atomic mass is 16.5. The Morgan fingerprint density at radius 1 is 1.07 bits per heavy atom. The first-order chi connectivity index (χ1) is 13.2. The van der Waals surface area contributed by atoms with E-state index in [1.54, 1.807) is 6.92 Å². The summed E-state index contributed by atoms with van der Waals surface area (Å²) in [6, 6.07) is 19.6. The summed E-state index contributed by atoms with van der Waals surface area (Å²) in [5.41, 5.74) is 0.798. The van der Waals surface area contributed by atoms with Crippen LogP contribution in [0, 0.1) is 0 Å². The molecule has 1 atom stereocenters. The van der Waals surface area contributed by atoms with Crippen molar-refractivity contribution in [2.75, 3.05) is 6.54 Å². The number of hydrogen-bond donors (Lipinski definition) is 1. The fourth-order valence-corrected chi connectivity index (χ4v) is 3.00. The number of carbonyl (C=O) groups is 1. The monoisotopic (exact) mass is 360 g/mol. The van der Waals surface area contributed by atoms with Crippen molar-refractivity contribution in [3.05, 3.63) is 72.7 Å². The molecule has 4 aromatic rings. The van der Waals surface area contributed by atoms with Crippen LogP contribution in [0.5, 0.6) is 5.75 Å². The highest BCUT2D eigenvalue weighted by Gasteiger charge is 2.15. The second-order valence-corrected chi connectivity index (χ2v) is 6.36. The molecule has 0 bridgehead atoms. The topological polar surface area (TPSA) is 68.5 Å². The molecule has 0 saturated carbocycles. The van der Waals surface area contributed by atoms with E-state index in [4.69, 9.17) is 4.74 Å². The van der Waals surface area contributed by atoms with Crippen LogP contribution in [0.25, 0.3) is 16.4 Å². The Kier molecular flexibility index (Phi) is 4.70. The van der Waals surface area contributed by atoms with Gasteiger partial charge in [0.05, 0.1) is 0 Å². The van der Waals surface area contributed by atoms with Crippen molar-refractivity contribution in [2.45, 2.75) is 19.4 Å². The second kappa shape index (κ2) is 7.45. The molecule has 1 amide bonds. The molecular weight excluding hydrogens is 340 g/mol. The SMILES string of the molecule is CC(Oc1ccc2ccccc2c1)C(=O)NCCc1nnc2ccccn12. The normalized spacial score (nSPS) is 12.2. The summed E-state index contributed by atoms with van der Waals surface area (Å²) >= 11 is 0. The van der Waals surface area contributed by atoms with Crippen molar-refractivity contribution < 1.29 is 9.53 Å². The molecule has 0 aliphatic carbocycles. The van der Waals surface area contributed by atoms with Crippen LogP contribution in [-0.2, 0) is 11.2 Å². The maximum Gasteiger partial charge on any atom is 0.260 e. The van der Waals surface area contributed by atoms with Crippen LogP contribution in [0.15, 0.2) is 66.9 Å². The summed E-state index contributed by atoms with van der Waals surface area (Å²) in [7, 11) is 0. The zero-order valence-electron chi connectivity index (χ0n) is 15.0. The Hall–Kier alpha value is -3.41. The van der Waals surface area contributed by atoms with Gasteiger partial charge in [0.15, 0.2) is 11.8 Å². The van der Waals surface area contributed by atoms with Gasteiger partial charge in [0.25, 0.3) is 5.91 Å². The molecule has 0 aliphatic heterocycles. The zero-order valence-corrected chi connectivity index (χ0v) is 15.0. The fraction of sp³-hybridized carbons (Fsp3) is 0.190. The lowest BCUT2D eigenvalue weighted by Gasteiger charge is -2.15. The van der Waals surface area contributed by atoms with Crippen LogP contribution in [0.4, 0.5) is 0 Å². The molecule has 1 unspecified atom stereocenters. The number of benzene rings is 2. The minimum Gasteiger partial charge on any atom is -0.481 e. The third-order valence-electron chi connectivity index (χ3n) is 4.44. The zero-order chi connectivity index (χ0) is 18.6. The Balaban J connectivity index is 1.33. The fourth-order valence-electron chi connectivity index (χ4n) is 3.00. The van der Waals surface area contributed by atoms with Gasteiger partial charge in [-0.1, -0.05) is 36.4 Å². The molecule has 2 heterocycles. The van der Waals surface area contributed by atoms with E-state index in [9.17, 15) is 4.79 Å². The second-order valence-electron chi connectivity index (χ2n) is 6.36. The smallest absolute Gasteiger partial charge is 0.260 e. The van der Waals surface area contributed by atoms with E-state index in [0.717, 1.165) is 22.2 Å². The summed E-state index contributed by atoms with van der Waals surface area (Å²) in [5, 5.41) is 13.4. The first-order valence-corrected chi connectivity index (χ1v) is 8.92. The Labute approximate surface area is 156 Å². The van der Waals surface area contributed by atoms with Crippen molar-refractivity contribution in [1.82, 2.24) is 19.9 Å². The lowest BCUT2D eigenvalue weighted by molar-refractivity contribution is -0.127. The number of carbonyl (C=O) groups excluding carboxylic acids is 1. The number of nitrogens with one attached hydrogen (secondary N) is 1. The molecular formula is C21H20N4O2. The summed E-state index contributed by atoms with van der Waals surface area (Å²) < 4.78 is 7.71. The van der Waals surface area contributed by atoms with Crippen molar-refractivity contribution in [3.63, 3.8) is 0 Å². The van der Waals surface area contributed by atoms with E-state index in [2.05, 4.69) is 15.5 Å². The highest BCUT2D eigenvalue weighted by Crippen LogP contribution is 2.21. The van der Waals surface area contributed by atoms with Gasteiger partial charge in [-0.05, 0) is 42.0 Å². The van der Waals surface area contributed by atoms with Gasteiger partial charge >= 0.3 is 0 Å². The van der Waals surface area contributed by atoms with E-state index in [0.29, 0.717) is 18.7 Å². The van der Waals surface area contributed by atoms with Gasteiger partial charge in [0.2, 0.25) is 0 Å². The summed E-state index contributed by atoms with van der Waals surface area (Å²) in [4.78, 5) is 12.3. The molecule has 136 valence electrons. The molecule has 1 N–H and O–H groups in total. The number of nitrogens with zero attached hydrogens (tertiary/aromatic N) is 3. The molecule has 6 nitrogen and oxygen atoms in total. The molecule has 0 radical (unpaired) electrons. The summed E-state index contributed by atoms with van der Waals surface area (Å²) in [6.07, 6.45) is 1.93. The number of hydrogen-bond acceptors (Lipinski definition) is 4. The molecule has 27 heavy (non-hydrogen) atoms. The Bertz CT molecular complexity index is 1090. The number of ether oxygens (including phenoxy) is 1.